The van der Waals surface area contributed by atoms with Gasteiger partial charge in [0.2, 0.25) is 5.88 Å². The Morgan fingerprint density at radius 1 is 0.949 bits per heavy atom. The third-order valence-electron chi connectivity index (χ3n) is 5.86. The molecule has 1 aliphatic rings. The van der Waals surface area contributed by atoms with Gasteiger partial charge in [0, 0.05) is 34.3 Å². The minimum Gasteiger partial charge on any atom is -0.481 e. The van der Waals surface area contributed by atoms with Crippen molar-refractivity contribution in [1.29, 1.82) is 0 Å². The van der Waals surface area contributed by atoms with Crippen LogP contribution in [0.15, 0.2) is 28.3 Å². The van der Waals surface area contributed by atoms with Gasteiger partial charge < -0.3 is 14.2 Å². The van der Waals surface area contributed by atoms with Crippen LogP contribution in [0.3, 0.4) is 0 Å². The molecule has 0 aromatic carbocycles. The molecule has 1 amide bonds. The lowest BCUT2D eigenvalue weighted by molar-refractivity contribution is 0.0224. The molecule has 1 saturated heterocycles. The smallest absolute Gasteiger partial charge is 0.410 e. The number of carbonyl (C=O) groups is 2. The Hall–Kier alpha value is -3.42. The largest absolute Gasteiger partial charge is 0.481 e. The first-order valence-corrected chi connectivity index (χ1v) is 14.8. The molecule has 1 atom stereocenters. The highest BCUT2D eigenvalue weighted by Gasteiger charge is 2.35. The summed E-state index contributed by atoms with van der Waals surface area (Å²) >= 11 is 4.30. The van der Waals surface area contributed by atoms with Crippen molar-refractivity contribution in [3.63, 3.8) is 0 Å². The highest BCUT2D eigenvalue weighted by Crippen LogP contribution is 2.39. The highest BCUT2D eigenvalue weighted by molar-refractivity contribution is 7.14. The number of amides is 1. The molecule has 4 aromatic rings. The third-order valence-corrected chi connectivity index (χ3v) is 8.55. The molecule has 1 aliphatic heterocycles. The molecule has 0 spiro atoms. The van der Waals surface area contributed by atoms with Gasteiger partial charge in [0.15, 0.2) is 5.69 Å². The molecule has 1 fully saturated rings. The van der Waals surface area contributed by atoms with Crippen molar-refractivity contribution in [1.82, 2.24) is 24.8 Å². The lowest BCUT2D eigenvalue weighted by Gasteiger charge is -2.27. The summed E-state index contributed by atoms with van der Waals surface area (Å²) < 4.78 is 15.8. The zero-order valence-corrected chi connectivity index (χ0v) is 24.5. The van der Waals surface area contributed by atoms with Crippen LogP contribution in [-0.2, 0) is 9.47 Å². The number of methoxy groups -OCH3 is 2. The predicted molar refractivity (Wildman–Crippen MR) is 150 cm³/mol. The van der Waals surface area contributed by atoms with E-state index in [1.165, 1.54) is 41.1 Å². The van der Waals surface area contributed by atoms with Crippen LogP contribution in [0.5, 0.6) is 5.88 Å². The average Bonchev–Trinajstić information content (AvgIpc) is 3.72. The van der Waals surface area contributed by atoms with E-state index in [1.54, 1.807) is 23.5 Å². The van der Waals surface area contributed by atoms with Crippen molar-refractivity contribution in [2.24, 2.45) is 0 Å². The lowest BCUT2D eigenvalue weighted by Crippen LogP contribution is -2.36. The van der Waals surface area contributed by atoms with Crippen LogP contribution in [0.25, 0.3) is 32.7 Å². The minimum absolute atomic E-state index is 0.112. The quantitative estimate of drug-likeness (QED) is 0.240. The molecule has 5 rings (SSSR count). The van der Waals surface area contributed by atoms with Gasteiger partial charge in [0.05, 0.1) is 20.3 Å². The summed E-state index contributed by atoms with van der Waals surface area (Å²) in [5.41, 5.74) is 2.39. The molecule has 0 unspecified atom stereocenters. The summed E-state index contributed by atoms with van der Waals surface area (Å²) in [7, 11) is 2.88. The maximum Gasteiger partial charge on any atom is 0.410 e. The van der Waals surface area contributed by atoms with E-state index in [4.69, 9.17) is 24.2 Å². The molecule has 39 heavy (non-hydrogen) atoms. The Bertz CT molecular complexity index is 1510. The van der Waals surface area contributed by atoms with Crippen LogP contribution in [-0.4, -0.2) is 63.3 Å². The van der Waals surface area contributed by atoms with Gasteiger partial charge in [0.25, 0.3) is 0 Å². The SMILES string of the molecule is COC(=O)c1csc(-c2ccc(OC)nc2-c2csc(-c3csc([C@@H]4CCCN4C(=O)OC(C)(C)C)n3)n2)n1. The molecular formula is C26H27N5O5S3. The number of esters is 1. The summed E-state index contributed by atoms with van der Waals surface area (Å²) in [6.07, 6.45) is 1.43. The van der Waals surface area contributed by atoms with Crippen molar-refractivity contribution >= 4 is 46.1 Å². The molecule has 4 aromatic heterocycles. The van der Waals surface area contributed by atoms with Gasteiger partial charge in [0.1, 0.15) is 37.7 Å². The topological polar surface area (TPSA) is 117 Å². The average molecular weight is 586 g/mol. The van der Waals surface area contributed by atoms with E-state index in [9.17, 15) is 9.59 Å². The molecule has 0 N–H and O–H groups in total. The Labute approximate surface area is 237 Å². The zero-order chi connectivity index (χ0) is 27.7. The predicted octanol–water partition coefficient (Wildman–Crippen LogP) is 6.32. The van der Waals surface area contributed by atoms with E-state index in [2.05, 4.69) is 9.97 Å². The zero-order valence-electron chi connectivity index (χ0n) is 22.1. The number of likely N-dealkylation sites (tertiary alicyclic amines) is 1. The summed E-state index contributed by atoms with van der Waals surface area (Å²) in [5.74, 6) is -0.0595. The molecule has 10 nitrogen and oxygen atoms in total. The first-order valence-electron chi connectivity index (χ1n) is 12.2. The fourth-order valence-electron chi connectivity index (χ4n) is 4.12. The maximum atomic E-state index is 12.8. The number of hydrogen-bond donors (Lipinski definition) is 0. The molecule has 0 aliphatic carbocycles. The van der Waals surface area contributed by atoms with Gasteiger partial charge in [-0.15, -0.1) is 34.0 Å². The van der Waals surface area contributed by atoms with Crippen LogP contribution >= 0.6 is 34.0 Å². The number of hydrogen-bond acceptors (Lipinski definition) is 12. The van der Waals surface area contributed by atoms with Gasteiger partial charge in [-0.1, -0.05) is 0 Å². The highest BCUT2D eigenvalue weighted by atomic mass is 32.1. The van der Waals surface area contributed by atoms with Gasteiger partial charge in [-0.3, -0.25) is 4.90 Å². The van der Waals surface area contributed by atoms with E-state index >= 15 is 0 Å². The minimum atomic E-state index is -0.554. The number of aromatic nitrogens is 4. The second-order valence-electron chi connectivity index (χ2n) is 9.72. The molecule has 0 bridgehead atoms. The van der Waals surface area contributed by atoms with Crippen molar-refractivity contribution in [2.45, 2.75) is 45.3 Å². The number of nitrogens with zero attached hydrogens (tertiary/aromatic N) is 5. The molecular weight excluding hydrogens is 559 g/mol. The molecule has 13 heteroatoms. The first-order chi connectivity index (χ1) is 18.7. The third kappa shape index (κ3) is 5.80. The number of rotatable bonds is 6. The van der Waals surface area contributed by atoms with Crippen molar-refractivity contribution in [3.8, 4) is 38.5 Å². The second kappa shape index (κ2) is 11.0. The van der Waals surface area contributed by atoms with Crippen LogP contribution in [0.2, 0.25) is 0 Å². The maximum absolute atomic E-state index is 12.8. The standard InChI is InChI=1S/C26H27N5O5S3/c1-26(2,3)36-25(33)31-10-6-7-18(31)23-28-16(12-39-23)22-27-15(11-38-22)20-14(8-9-19(30-20)34-4)21-29-17(13-37-21)24(32)35-5/h8-9,11-13,18H,6-7,10H2,1-5H3/t18-/m0/s1. The Balaban J connectivity index is 1.43. The number of pyridine rings is 1. The van der Waals surface area contributed by atoms with Crippen molar-refractivity contribution in [3.05, 3.63) is 39.0 Å². The van der Waals surface area contributed by atoms with E-state index in [1.807, 2.05) is 37.6 Å². The van der Waals surface area contributed by atoms with Crippen LogP contribution in [0.4, 0.5) is 4.79 Å². The van der Waals surface area contributed by atoms with E-state index in [0.717, 1.165) is 34.1 Å². The summed E-state index contributed by atoms with van der Waals surface area (Å²) in [6, 6.07) is 3.49. The fraction of sp³-hybridized carbons (Fsp3) is 0.385. The van der Waals surface area contributed by atoms with Crippen LogP contribution in [0.1, 0.15) is 55.2 Å². The molecule has 0 saturated carbocycles. The van der Waals surface area contributed by atoms with Crippen molar-refractivity contribution < 1.29 is 23.8 Å². The summed E-state index contributed by atoms with van der Waals surface area (Å²) in [6.45, 7) is 6.25. The molecule has 204 valence electrons. The van der Waals surface area contributed by atoms with Gasteiger partial charge in [-0.05, 0) is 39.7 Å². The number of ether oxygens (including phenoxy) is 3. The number of thiazole rings is 3. The normalized spacial score (nSPS) is 15.4. The monoisotopic (exact) mass is 585 g/mol. The number of carbonyl (C=O) groups excluding carboxylic acids is 2. The van der Waals surface area contributed by atoms with Crippen LogP contribution < -0.4 is 4.74 Å². The van der Waals surface area contributed by atoms with Gasteiger partial charge in [-0.2, -0.15) is 0 Å². The summed E-state index contributed by atoms with van der Waals surface area (Å²) in [5, 5.41) is 7.75. The lowest BCUT2D eigenvalue weighted by atomic mass is 10.1. The Morgan fingerprint density at radius 3 is 2.46 bits per heavy atom. The van der Waals surface area contributed by atoms with Crippen molar-refractivity contribution in [2.75, 3.05) is 20.8 Å². The molecule has 0 radical (unpaired) electrons. The van der Waals surface area contributed by atoms with E-state index in [0.29, 0.717) is 28.8 Å². The Kier molecular flexibility index (Phi) is 7.65. The second-order valence-corrected chi connectivity index (χ2v) is 12.3. The Morgan fingerprint density at radius 2 is 1.72 bits per heavy atom. The first kappa shape index (κ1) is 27.2. The van der Waals surface area contributed by atoms with E-state index < -0.39 is 11.6 Å². The van der Waals surface area contributed by atoms with E-state index in [-0.39, 0.29) is 17.8 Å². The van der Waals surface area contributed by atoms with Crippen LogP contribution in [0, 0.1) is 0 Å². The summed E-state index contributed by atoms with van der Waals surface area (Å²) in [4.78, 5) is 45.2. The van der Waals surface area contributed by atoms with Gasteiger partial charge in [-0.25, -0.2) is 29.5 Å². The van der Waals surface area contributed by atoms with Gasteiger partial charge >= 0.3 is 12.1 Å². The molecule has 5 heterocycles. The fourth-order valence-corrected chi connectivity index (χ4v) is 6.72.